The summed E-state index contributed by atoms with van der Waals surface area (Å²) >= 11 is 6.45. The molecule has 0 unspecified atom stereocenters. The van der Waals surface area contributed by atoms with Crippen LogP contribution in [0.15, 0.2) is 41.2 Å². The average molecular weight is 407 g/mol. The van der Waals surface area contributed by atoms with Gasteiger partial charge in [-0.1, -0.05) is 36.2 Å². The van der Waals surface area contributed by atoms with E-state index in [1.54, 1.807) is 0 Å². The summed E-state index contributed by atoms with van der Waals surface area (Å²) in [7, 11) is -3.36. The van der Waals surface area contributed by atoms with Gasteiger partial charge in [0.05, 0.1) is 18.5 Å². The van der Waals surface area contributed by atoms with E-state index in [1.807, 2.05) is 30.3 Å². The van der Waals surface area contributed by atoms with Gasteiger partial charge in [0, 0.05) is 28.3 Å². The summed E-state index contributed by atoms with van der Waals surface area (Å²) in [6.07, 6.45) is 4.00. The van der Waals surface area contributed by atoms with Crippen molar-refractivity contribution in [3.05, 3.63) is 68.7 Å². The first-order valence-corrected chi connectivity index (χ1v) is 10.9. The number of hydrogen-bond acceptors (Lipinski definition) is 4. The van der Waals surface area contributed by atoms with Gasteiger partial charge in [-0.2, -0.15) is 0 Å². The van der Waals surface area contributed by atoms with E-state index >= 15 is 0 Å². The van der Waals surface area contributed by atoms with Gasteiger partial charge >= 0.3 is 0 Å². The number of benzene rings is 1. The Morgan fingerprint density at radius 2 is 2.04 bits per heavy atom. The first-order valence-electron chi connectivity index (χ1n) is 8.60. The lowest BCUT2D eigenvalue weighted by Crippen LogP contribution is -2.36. The maximum Gasteiger partial charge on any atom is 0.272 e. The Labute approximate surface area is 161 Å². The largest absolute Gasteiger partial charge is 0.293 e. The van der Waals surface area contributed by atoms with E-state index in [0.717, 1.165) is 36.8 Å². The lowest BCUT2D eigenvalue weighted by molar-refractivity contribution is 0.293. The zero-order chi connectivity index (χ0) is 19.2. The molecule has 3 aromatic rings. The molecule has 142 valence electrons. The molecule has 7 nitrogen and oxygen atoms in total. The van der Waals surface area contributed by atoms with E-state index < -0.39 is 10.0 Å². The summed E-state index contributed by atoms with van der Waals surface area (Å²) in [5, 5.41) is 3.88. The minimum absolute atomic E-state index is 0.0270. The van der Waals surface area contributed by atoms with Gasteiger partial charge in [0.15, 0.2) is 5.65 Å². The van der Waals surface area contributed by atoms with Crippen molar-refractivity contribution < 1.29 is 8.42 Å². The van der Waals surface area contributed by atoms with Crippen molar-refractivity contribution in [2.75, 3.05) is 6.26 Å². The van der Waals surface area contributed by atoms with Crippen LogP contribution >= 0.6 is 11.6 Å². The van der Waals surface area contributed by atoms with Crippen molar-refractivity contribution in [1.82, 2.24) is 19.3 Å². The summed E-state index contributed by atoms with van der Waals surface area (Å²) in [4.78, 5) is 16.9. The van der Waals surface area contributed by atoms with E-state index in [9.17, 15) is 13.2 Å². The topological polar surface area (TPSA) is 96.3 Å². The summed E-state index contributed by atoms with van der Waals surface area (Å²) < 4.78 is 26.3. The van der Waals surface area contributed by atoms with Gasteiger partial charge < -0.3 is 0 Å². The molecule has 0 amide bonds. The van der Waals surface area contributed by atoms with Crippen LogP contribution in [0.5, 0.6) is 0 Å². The number of nitrogens with one attached hydrogen (secondary N) is 2. The molecule has 9 heteroatoms. The molecule has 27 heavy (non-hydrogen) atoms. The number of nitrogens with zero attached hydrogens (tertiary/aromatic N) is 2. The third kappa shape index (κ3) is 3.28. The van der Waals surface area contributed by atoms with Gasteiger partial charge in [0.1, 0.15) is 0 Å². The van der Waals surface area contributed by atoms with Crippen molar-refractivity contribution in [3.8, 4) is 0 Å². The van der Waals surface area contributed by atoms with Gasteiger partial charge in [-0.05, 0) is 24.5 Å². The van der Waals surface area contributed by atoms with E-state index in [2.05, 4.69) is 14.8 Å². The summed E-state index contributed by atoms with van der Waals surface area (Å²) in [6.45, 7) is -0.0270. The smallest absolute Gasteiger partial charge is 0.272 e. The summed E-state index contributed by atoms with van der Waals surface area (Å²) in [5.74, 6) is 0. The Kier molecular flexibility index (Phi) is 4.37. The normalized spacial score (nSPS) is 16.4. The maximum atomic E-state index is 12.5. The lowest BCUT2D eigenvalue weighted by Gasteiger charge is -2.42. The zero-order valence-electron chi connectivity index (χ0n) is 14.7. The summed E-state index contributed by atoms with van der Waals surface area (Å²) in [5.41, 5.74) is 2.21. The molecule has 4 rings (SSSR count). The molecule has 0 saturated heterocycles. The SMILES string of the molecule is CS(=O)(=O)NCc1cc(=O)n2[nH]c(C3(c4ccccc4Cl)CCC3)cc2n1. The van der Waals surface area contributed by atoms with Crippen LogP contribution in [0.4, 0.5) is 0 Å². The van der Waals surface area contributed by atoms with Crippen LogP contribution < -0.4 is 10.3 Å². The Bertz CT molecular complexity index is 1180. The molecule has 2 N–H and O–H groups in total. The molecule has 1 aliphatic carbocycles. The highest BCUT2D eigenvalue weighted by Gasteiger charge is 2.43. The van der Waals surface area contributed by atoms with Crippen LogP contribution in [0.1, 0.15) is 36.2 Å². The predicted octanol–water partition coefficient (Wildman–Crippen LogP) is 2.20. The Hall–Kier alpha value is -2.16. The number of sulfonamides is 1. The third-order valence-electron chi connectivity index (χ3n) is 5.13. The average Bonchev–Trinajstić information content (AvgIpc) is 2.98. The van der Waals surface area contributed by atoms with Crippen LogP contribution in [0, 0.1) is 0 Å². The number of fused-ring (bicyclic) bond motifs is 1. The summed E-state index contributed by atoms with van der Waals surface area (Å²) in [6, 6.07) is 10.9. The quantitative estimate of drug-likeness (QED) is 0.678. The molecule has 1 aliphatic rings. The van der Waals surface area contributed by atoms with Gasteiger partial charge in [0.25, 0.3) is 5.56 Å². The van der Waals surface area contributed by atoms with E-state index in [4.69, 9.17) is 11.6 Å². The number of halogens is 1. The van der Waals surface area contributed by atoms with Crippen molar-refractivity contribution >= 4 is 27.3 Å². The zero-order valence-corrected chi connectivity index (χ0v) is 16.3. The number of aromatic nitrogens is 3. The molecule has 1 fully saturated rings. The molecule has 2 aromatic heterocycles. The van der Waals surface area contributed by atoms with Crippen LogP contribution in [-0.4, -0.2) is 29.3 Å². The molecule has 1 saturated carbocycles. The molecule has 1 aromatic carbocycles. The van der Waals surface area contributed by atoms with Crippen LogP contribution in [0.25, 0.3) is 5.65 Å². The third-order valence-corrected chi connectivity index (χ3v) is 6.13. The first-order chi connectivity index (χ1) is 12.8. The van der Waals surface area contributed by atoms with Crippen molar-refractivity contribution in [3.63, 3.8) is 0 Å². The molecule has 0 bridgehead atoms. The fourth-order valence-electron chi connectivity index (χ4n) is 3.64. The second-order valence-corrected chi connectivity index (χ2v) is 9.20. The number of aromatic amines is 1. The molecule has 0 aliphatic heterocycles. The number of hydrogen-bond donors (Lipinski definition) is 2. The van der Waals surface area contributed by atoms with Gasteiger partial charge in [0.2, 0.25) is 10.0 Å². The second kappa shape index (κ2) is 6.47. The van der Waals surface area contributed by atoms with E-state index in [1.165, 1.54) is 10.6 Å². The molecule has 0 radical (unpaired) electrons. The Balaban J connectivity index is 1.78. The minimum atomic E-state index is -3.36. The fraction of sp³-hybridized carbons (Fsp3) is 0.333. The molecular weight excluding hydrogens is 388 g/mol. The second-order valence-electron chi connectivity index (χ2n) is 6.96. The maximum absolute atomic E-state index is 12.5. The number of rotatable bonds is 5. The van der Waals surface area contributed by atoms with Crippen LogP contribution in [-0.2, 0) is 22.0 Å². The standard InChI is InChI=1S/C18H19ClN4O3S/c1-27(25,26)20-11-12-9-17(24)23-16(21-12)10-15(22-23)18(7-4-8-18)13-5-2-3-6-14(13)19/h2-3,5-6,9-10,20,22H,4,7-8,11H2,1H3. The Morgan fingerprint density at radius 1 is 1.30 bits per heavy atom. The lowest BCUT2D eigenvalue weighted by atomic mass is 9.62. The molecule has 0 atom stereocenters. The molecule has 0 spiro atoms. The monoisotopic (exact) mass is 406 g/mol. The van der Waals surface area contributed by atoms with Crippen LogP contribution in [0.3, 0.4) is 0 Å². The van der Waals surface area contributed by atoms with E-state index in [-0.39, 0.29) is 17.5 Å². The minimum Gasteiger partial charge on any atom is -0.293 e. The van der Waals surface area contributed by atoms with Gasteiger partial charge in [-0.3, -0.25) is 9.89 Å². The highest BCUT2D eigenvalue weighted by molar-refractivity contribution is 7.88. The van der Waals surface area contributed by atoms with E-state index in [0.29, 0.717) is 16.4 Å². The van der Waals surface area contributed by atoms with Gasteiger partial charge in [-0.15, -0.1) is 0 Å². The highest BCUT2D eigenvalue weighted by atomic mass is 35.5. The van der Waals surface area contributed by atoms with Crippen molar-refractivity contribution in [2.24, 2.45) is 0 Å². The van der Waals surface area contributed by atoms with Crippen molar-refractivity contribution in [2.45, 2.75) is 31.2 Å². The Morgan fingerprint density at radius 3 is 2.67 bits per heavy atom. The number of H-pyrrole nitrogens is 1. The highest BCUT2D eigenvalue weighted by Crippen LogP contribution is 2.50. The fourth-order valence-corrected chi connectivity index (χ4v) is 4.37. The first kappa shape index (κ1) is 18.2. The predicted molar refractivity (Wildman–Crippen MR) is 104 cm³/mol. The van der Waals surface area contributed by atoms with Crippen molar-refractivity contribution in [1.29, 1.82) is 0 Å². The molecule has 2 heterocycles. The van der Waals surface area contributed by atoms with Gasteiger partial charge in [-0.25, -0.2) is 22.6 Å². The van der Waals surface area contributed by atoms with Crippen LogP contribution in [0.2, 0.25) is 5.02 Å². The molecular formula is C18H19ClN4O3S.